The molecule has 0 saturated carbocycles. The highest BCUT2D eigenvalue weighted by molar-refractivity contribution is 9.10. The van der Waals surface area contributed by atoms with Crippen LogP contribution in [0.1, 0.15) is 0 Å². The average molecular weight is 356 g/mol. The van der Waals surface area contributed by atoms with Gasteiger partial charge in [-0.05, 0) is 15.9 Å². The van der Waals surface area contributed by atoms with Gasteiger partial charge >= 0.3 is 0 Å². The molecule has 0 aliphatic carbocycles. The molecule has 0 spiro atoms. The van der Waals surface area contributed by atoms with Crippen molar-refractivity contribution in [3.63, 3.8) is 0 Å². The molecule has 3 N–H and O–H groups in total. The molecule has 3 heterocycles. The van der Waals surface area contributed by atoms with Crippen molar-refractivity contribution in [2.75, 3.05) is 41.4 Å². The van der Waals surface area contributed by atoms with E-state index in [0.717, 1.165) is 41.6 Å². The number of nitrogens with two attached hydrogens (primary N) is 1. The number of halogens is 1. The highest BCUT2D eigenvalue weighted by atomic mass is 79.9. The van der Waals surface area contributed by atoms with Crippen LogP contribution >= 0.6 is 27.3 Å². The Labute approximate surface area is 128 Å². The molecule has 106 valence electrons. The summed E-state index contributed by atoms with van der Waals surface area (Å²) in [5, 5.41) is 3.08. The second-order valence-electron chi connectivity index (χ2n) is 4.30. The van der Waals surface area contributed by atoms with Crippen LogP contribution in [0.2, 0.25) is 0 Å². The van der Waals surface area contributed by atoms with Crippen molar-refractivity contribution in [1.29, 1.82) is 0 Å². The van der Waals surface area contributed by atoms with Gasteiger partial charge in [-0.2, -0.15) is 4.98 Å². The minimum absolute atomic E-state index is 0.422. The first kappa shape index (κ1) is 13.5. The number of thiazole rings is 1. The first-order valence-corrected chi connectivity index (χ1v) is 7.84. The van der Waals surface area contributed by atoms with Crippen molar-refractivity contribution >= 4 is 44.2 Å². The number of hydrogen-bond donors (Lipinski definition) is 2. The smallest absolute Gasteiger partial charge is 0.239 e. The molecular formula is C11H14BrN7S. The molecule has 0 unspecified atom stereocenters. The van der Waals surface area contributed by atoms with Crippen molar-refractivity contribution in [3.8, 4) is 0 Å². The van der Waals surface area contributed by atoms with E-state index in [1.165, 1.54) is 0 Å². The molecule has 2 aromatic rings. The SMILES string of the molecule is NNc1ncc(Br)c(N2CCN(c3nccs3)CC2)n1. The molecule has 1 aliphatic heterocycles. The van der Waals surface area contributed by atoms with Crippen LogP contribution in [0.4, 0.5) is 16.9 Å². The van der Waals surface area contributed by atoms with Gasteiger partial charge in [-0.25, -0.2) is 15.8 Å². The fourth-order valence-electron chi connectivity index (χ4n) is 2.13. The minimum Gasteiger partial charge on any atom is -0.352 e. The van der Waals surface area contributed by atoms with Crippen molar-refractivity contribution in [3.05, 3.63) is 22.2 Å². The lowest BCUT2D eigenvalue weighted by molar-refractivity contribution is 0.644. The van der Waals surface area contributed by atoms with E-state index in [9.17, 15) is 0 Å². The molecule has 1 fully saturated rings. The zero-order valence-electron chi connectivity index (χ0n) is 10.7. The maximum atomic E-state index is 5.36. The molecule has 7 nitrogen and oxygen atoms in total. The van der Waals surface area contributed by atoms with Crippen LogP contribution in [0.25, 0.3) is 0 Å². The Morgan fingerprint density at radius 2 is 1.95 bits per heavy atom. The van der Waals surface area contributed by atoms with Gasteiger partial charge in [0.15, 0.2) is 5.13 Å². The van der Waals surface area contributed by atoms with E-state index in [4.69, 9.17) is 5.84 Å². The Morgan fingerprint density at radius 1 is 1.20 bits per heavy atom. The monoisotopic (exact) mass is 355 g/mol. The highest BCUT2D eigenvalue weighted by Crippen LogP contribution is 2.26. The predicted molar refractivity (Wildman–Crippen MR) is 84.1 cm³/mol. The molecule has 1 saturated heterocycles. The van der Waals surface area contributed by atoms with Crippen molar-refractivity contribution < 1.29 is 0 Å². The van der Waals surface area contributed by atoms with E-state index in [1.54, 1.807) is 17.5 Å². The summed E-state index contributed by atoms with van der Waals surface area (Å²) in [5.41, 5.74) is 2.48. The predicted octanol–water partition coefficient (Wildman–Crippen LogP) is 1.31. The van der Waals surface area contributed by atoms with Crippen LogP contribution < -0.4 is 21.1 Å². The highest BCUT2D eigenvalue weighted by Gasteiger charge is 2.21. The zero-order chi connectivity index (χ0) is 13.9. The normalized spacial score (nSPS) is 15.5. The first-order valence-electron chi connectivity index (χ1n) is 6.16. The fraction of sp³-hybridized carbons (Fsp3) is 0.364. The number of hydrogen-bond acceptors (Lipinski definition) is 8. The third-order valence-corrected chi connectivity index (χ3v) is 4.52. The number of nitrogens with one attached hydrogen (secondary N) is 1. The number of anilines is 3. The van der Waals surface area contributed by atoms with Gasteiger partial charge in [0.1, 0.15) is 5.82 Å². The molecule has 9 heteroatoms. The number of rotatable bonds is 3. The first-order chi connectivity index (χ1) is 9.78. The van der Waals surface area contributed by atoms with Gasteiger partial charge in [-0.3, -0.25) is 5.43 Å². The van der Waals surface area contributed by atoms with E-state index in [2.05, 4.69) is 46.1 Å². The van der Waals surface area contributed by atoms with Crippen LogP contribution in [-0.4, -0.2) is 41.1 Å². The largest absolute Gasteiger partial charge is 0.352 e. The number of aromatic nitrogens is 3. The Kier molecular flexibility index (Phi) is 3.99. The van der Waals surface area contributed by atoms with Gasteiger partial charge in [0, 0.05) is 44.0 Å². The van der Waals surface area contributed by atoms with E-state index in [1.807, 2.05) is 11.6 Å². The third-order valence-electron chi connectivity index (χ3n) is 3.12. The van der Waals surface area contributed by atoms with Crippen molar-refractivity contribution in [2.45, 2.75) is 0 Å². The van der Waals surface area contributed by atoms with Gasteiger partial charge in [0.25, 0.3) is 0 Å². The van der Waals surface area contributed by atoms with Gasteiger partial charge in [-0.15, -0.1) is 11.3 Å². The van der Waals surface area contributed by atoms with Gasteiger partial charge in [0.05, 0.1) is 4.47 Å². The fourth-order valence-corrected chi connectivity index (χ4v) is 3.27. The molecule has 1 aliphatic rings. The lowest BCUT2D eigenvalue weighted by Crippen LogP contribution is -2.47. The van der Waals surface area contributed by atoms with E-state index < -0.39 is 0 Å². The van der Waals surface area contributed by atoms with Crippen molar-refractivity contribution in [2.24, 2.45) is 5.84 Å². The van der Waals surface area contributed by atoms with E-state index in [-0.39, 0.29) is 0 Å². The molecule has 20 heavy (non-hydrogen) atoms. The summed E-state index contributed by atoms with van der Waals surface area (Å²) in [5.74, 6) is 6.65. The van der Waals surface area contributed by atoms with Gasteiger partial charge < -0.3 is 9.80 Å². The molecule has 2 aromatic heterocycles. The van der Waals surface area contributed by atoms with Crippen LogP contribution in [0.5, 0.6) is 0 Å². The third kappa shape index (κ3) is 2.69. The number of piperazine rings is 1. The summed E-state index contributed by atoms with van der Waals surface area (Å²) in [4.78, 5) is 17.3. The lowest BCUT2D eigenvalue weighted by atomic mass is 10.3. The quantitative estimate of drug-likeness (QED) is 0.634. The molecule has 3 rings (SSSR count). The molecule has 0 atom stereocenters. The molecule has 0 radical (unpaired) electrons. The Morgan fingerprint density at radius 3 is 2.60 bits per heavy atom. The Hall–Kier alpha value is -1.45. The van der Waals surface area contributed by atoms with Gasteiger partial charge in [-0.1, -0.05) is 0 Å². The maximum Gasteiger partial charge on any atom is 0.239 e. The molecule has 0 amide bonds. The standard InChI is InChI=1S/C11H14BrN7S/c12-8-7-15-10(17-13)16-9(8)18-2-4-19(5-3-18)11-14-1-6-20-11/h1,6-7H,2-5,13H2,(H,15,16,17). The molecular weight excluding hydrogens is 342 g/mol. The van der Waals surface area contributed by atoms with Crippen LogP contribution in [0.15, 0.2) is 22.2 Å². The number of nitrogens with zero attached hydrogens (tertiary/aromatic N) is 5. The Balaban J connectivity index is 1.72. The lowest BCUT2D eigenvalue weighted by Gasteiger charge is -2.35. The molecule has 0 bridgehead atoms. The molecule has 0 aromatic carbocycles. The topological polar surface area (TPSA) is 83.2 Å². The maximum absolute atomic E-state index is 5.36. The number of hydrazine groups is 1. The Bertz CT molecular complexity index is 568. The minimum atomic E-state index is 0.422. The second-order valence-corrected chi connectivity index (χ2v) is 6.03. The van der Waals surface area contributed by atoms with Gasteiger partial charge in [0.2, 0.25) is 5.95 Å². The van der Waals surface area contributed by atoms with Crippen molar-refractivity contribution in [1.82, 2.24) is 15.0 Å². The summed E-state index contributed by atoms with van der Waals surface area (Å²) in [6.07, 6.45) is 3.55. The van der Waals surface area contributed by atoms with Crippen LogP contribution in [0, 0.1) is 0 Å². The number of nitrogen functional groups attached to an aromatic ring is 1. The zero-order valence-corrected chi connectivity index (χ0v) is 13.1. The van der Waals surface area contributed by atoms with E-state index >= 15 is 0 Å². The summed E-state index contributed by atoms with van der Waals surface area (Å²) in [6, 6.07) is 0. The van der Waals surface area contributed by atoms with Crippen LogP contribution in [0.3, 0.4) is 0 Å². The average Bonchev–Trinajstić information content (AvgIpc) is 3.02. The van der Waals surface area contributed by atoms with Crippen LogP contribution in [-0.2, 0) is 0 Å². The summed E-state index contributed by atoms with van der Waals surface area (Å²) in [6.45, 7) is 3.63. The summed E-state index contributed by atoms with van der Waals surface area (Å²) < 4.78 is 0.874. The summed E-state index contributed by atoms with van der Waals surface area (Å²) in [7, 11) is 0. The second kappa shape index (κ2) is 5.90. The van der Waals surface area contributed by atoms with E-state index in [0.29, 0.717) is 5.95 Å². The summed E-state index contributed by atoms with van der Waals surface area (Å²) >= 11 is 5.16.